The Bertz CT molecular complexity index is 1380. The van der Waals surface area contributed by atoms with Crippen LogP contribution in [0.25, 0.3) is 33.4 Å². The fraction of sp³-hybridized carbons (Fsp3) is 0.160. The van der Waals surface area contributed by atoms with Gasteiger partial charge in [0, 0.05) is 11.8 Å². The van der Waals surface area contributed by atoms with Crippen LogP contribution >= 0.6 is 11.6 Å². The van der Waals surface area contributed by atoms with Gasteiger partial charge in [0.05, 0.1) is 10.9 Å². The molecule has 0 bridgehead atoms. The summed E-state index contributed by atoms with van der Waals surface area (Å²) < 4.78 is 11.6. The van der Waals surface area contributed by atoms with Crippen molar-refractivity contribution in [3.63, 3.8) is 0 Å². The van der Waals surface area contributed by atoms with Crippen LogP contribution < -0.4 is 11.2 Å². The van der Waals surface area contributed by atoms with E-state index < -0.39 is 11.7 Å². The lowest BCUT2D eigenvalue weighted by molar-refractivity contribution is -0.0489. The van der Waals surface area contributed by atoms with Crippen molar-refractivity contribution < 1.29 is 13.9 Å². The van der Waals surface area contributed by atoms with Crippen LogP contribution in [-0.4, -0.2) is 11.1 Å². The Morgan fingerprint density at radius 2 is 1.75 bits per heavy atom. The van der Waals surface area contributed by atoms with Crippen LogP contribution in [0, 0.1) is 0 Å². The summed E-state index contributed by atoms with van der Waals surface area (Å²) in [5.74, 6) is 0.414. The lowest BCUT2D eigenvalue weighted by Crippen LogP contribution is -2.40. The number of nitrogens with two attached hydrogens (primary N) is 1. The van der Waals surface area contributed by atoms with Crippen molar-refractivity contribution in [3.8, 4) is 22.5 Å². The van der Waals surface area contributed by atoms with Crippen LogP contribution in [0.3, 0.4) is 0 Å². The first-order valence-corrected chi connectivity index (χ1v) is 10.6. The number of primary amides is 1. The highest BCUT2D eigenvalue weighted by atomic mass is 35.5. The lowest BCUT2D eigenvalue weighted by Gasteiger charge is -2.40. The molecule has 0 unspecified atom stereocenters. The number of fused-ring (bicyclic) bond motifs is 1. The molecule has 4 aromatic rings. The molecular weight excluding hydrogens is 428 g/mol. The molecule has 1 fully saturated rings. The Kier molecular flexibility index (Phi) is 4.94. The van der Waals surface area contributed by atoms with Crippen molar-refractivity contribution in [1.29, 1.82) is 0 Å². The van der Waals surface area contributed by atoms with E-state index in [1.54, 1.807) is 6.07 Å². The largest absolute Gasteiger partial charge is 0.452 e. The summed E-state index contributed by atoms with van der Waals surface area (Å²) in [4.78, 5) is 29.0. The van der Waals surface area contributed by atoms with E-state index >= 15 is 0 Å². The molecule has 5 rings (SSSR count). The summed E-state index contributed by atoms with van der Waals surface area (Å²) in [7, 11) is 0. The van der Waals surface area contributed by atoms with Gasteiger partial charge in [-0.3, -0.25) is 4.79 Å². The van der Waals surface area contributed by atoms with Crippen LogP contribution in [0.4, 0.5) is 4.79 Å². The molecule has 0 spiro atoms. The maximum Gasteiger partial charge on any atom is 0.405 e. The number of carbonyl (C=O) groups is 1. The molecule has 0 radical (unpaired) electrons. The molecule has 0 saturated heterocycles. The fourth-order valence-electron chi connectivity index (χ4n) is 4.23. The van der Waals surface area contributed by atoms with E-state index in [1.165, 1.54) is 6.20 Å². The molecule has 0 atom stereocenters. The third-order valence-corrected chi connectivity index (χ3v) is 6.23. The second-order valence-electron chi connectivity index (χ2n) is 7.83. The van der Waals surface area contributed by atoms with Gasteiger partial charge in [0.15, 0.2) is 10.7 Å². The summed E-state index contributed by atoms with van der Waals surface area (Å²) >= 11 is 6.23. The number of benzene rings is 2. The van der Waals surface area contributed by atoms with E-state index in [1.807, 2.05) is 54.6 Å². The van der Waals surface area contributed by atoms with Crippen molar-refractivity contribution in [2.24, 2.45) is 5.73 Å². The molecule has 32 heavy (non-hydrogen) atoms. The Hall–Kier alpha value is -3.64. The van der Waals surface area contributed by atoms with Crippen LogP contribution in [0.5, 0.6) is 0 Å². The standard InChI is InChI=1S/C25H19ClN2O4/c26-23-22-18(11-14-28-23)20(29)19(21(31-22)16-5-2-1-3-6-16)15-7-9-17(10-8-15)25(12-4-13-25)32-24(27)30/h1-3,5-11,14H,4,12-13H2,(H2,27,30). The number of rotatable bonds is 4. The minimum Gasteiger partial charge on any atom is -0.452 e. The predicted molar refractivity (Wildman–Crippen MR) is 122 cm³/mol. The fourth-order valence-corrected chi connectivity index (χ4v) is 4.42. The van der Waals surface area contributed by atoms with Gasteiger partial charge in [-0.05, 0) is 36.5 Å². The Morgan fingerprint density at radius 3 is 2.38 bits per heavy atom. The number of amides is 1. The van der Waals surface area contributed by atoms with Gasteiger partial charge in [-0.25, -0.2) is 9.78 Å². The van der Waals surface area contributed by atoms with E-state index in [0.717, 1.165) is 17.5 Å². The van der Waals surface area contributed by atoms with Crippen LogP contribution in [0.1, 0.15) is 24.8 Å². The molecule has 1 saturated carbocycles. The highest BCUT2D eigenvalue weighted by molar-refractivity contribution is 6.33. The number of ether oxygens (including phenoxy) is 1. The minimum atomic E-state index is -0.791. The number of pyridine rings is 1. The van der Waals surface area contributed by atoms with Gasteiger partial charge in [0.25, 0.3) is 0 Å². The van der Waals surface area contributed by atoms with Gasteiger partial charge in [-0.15, -0.1) is 0 Å². The Labute approximate surface area is 188 Å². The summed E-state index contributed by atoms with van der Waals surface area (Å²) in [6.45, 7) is 0. The number of aromatic nitrogens is 1. The van der Waals surface area contributed by atoms with Crippen LogP contribution in [0.15, 0.2) is 76.1 Å². The lowest BCUT2D eigenvalue weighted by atomic mass is 9.74. The highest BCUT2D eigenvalue weighted by Gasteiger charge is 2.42. The molecular formula is C25H19ClN2O4. The van der Waals surface area contributed by atoms with Crippen LogP contribution in [0.2, 0.25) is 5.15 Å². The van der Waals surface area contributed by atoms with Gasteiger partial charge in [0.1, 0.15) is 11.4 Å². The minimum absolute atomic E-state index is 0.134. The number of carbonyl (C=O) groups excluding carboxylic acids is 1. The number of nitrogens with zero attached hydrogens (tertiary/aromatic N) is 1. The third-order valence-electron chi connectivity index (χ3n) is 5.96. The van der Waals surface area contributed by atoms with Gasteiger partial charge < -0.3 is 14.9 Å². The van der Waals surface area contributed by atoms with Crippen molar-refractivity contribution in [2.75, 3.05) is 0 Å². The first kappa shape index (κ1) is 20.3. The average molecular weight is 447 g/mol. The molecule has 0 aliphatic heterocycles. The van der Waals surface area contributed by atoms with Crippen molar-refractivity contribution in [3.05, 3.63) is 87.8 Å². The molecule has 7 heteroatoms. The molecule has 2 heterocycles. The number of hydrogen-bond donors (Lipinski definition) is 1. The summed E-state index contributed by atoms with van der Waals surface area (Å²) in [5, 5.41) is 0.491. The number of halogens is 1. The first-order chi connectivity index (χ1) is 15.5. The zero-order chi connectivity index (χ0) is 22.3. The summed E-state index contributed by atoms with van der Waals surface area (Å²) in [5.41, 5.74) is 7.35. The van der Waals surface area contributed by atoms with Gasteiger partial charge in [0.2, 0.25) is 5.43 Å². The molecule has 160 valence electrons. The third kappa shape index (κ3) is 3.33. The van der Waals surface area contributed by atoms with Crippen molar-refractivity contribution in [1.82, 2.24) is 4.98 Å². The second-order valence-corrected chi connectivity index (χ2v) is 8.18. The molecule has 1 amide bonds. The molecule has 2 aromatic carbocycles. The van der Waals surface area contributed by atoms with Crippen molar-refractivity contribution >= 4 is 28.7 Å². The quantitative estimate of drug-likeness (QED) is 0.408. The monoisotopic (exact) mass is 446 g/mol. The topological polar surface area (TPSA) is 95.4 Å². The molecule has 1 aliphatic carbocycles. The predicted octanol–water partition coefficient (Wildman–Crippen LogP) is 5.65. The van der Waals surface area contributed by atoms with Gasteiger partial charge in [-0.1, -0.05) is 66.2 Å². The van der Waals surface area contributed by atoms with Crippen LogP contribution in [-0.2, 0) is 10.3 Å². The zero-order valence-electron chi connectivity index (χ0n) is 17.0. The summed E-state index contributed by atoms with van der Waals surface area (Å²) in [6, 6.07) is 18.4. The SMILES string of the molecule is NC(=O)OC1(c2ccc(-c3c(-c4ccccc4)oc4c(Cl)nccc4c3=O)cc2)CCC1. The maximum atomic E-state index is 13.5. The van der Waals surface area contributed by atoms with Gasteiger partial charge >= 0.3 is 6.09 Å². The second kappa shape index (κ2) is 7.80. The van der Waals surface area contributed by atoms with E-state index in [0.29, 0.717) is 35.1 Å². The highest BCUT2D eigenvalue weighted by Crippen LogP contribution is 2.45. The van der Waals surface area contributed by atoms with E-state index in [-0.39, 0.29) is 16.2 Å². The number of hydrogen-bond acceptors (Lipinski definition) is 5. The van der Waals surface area contributed by atoms with E-state index in [2.05, 4.69) is 4.98 Å². The van der Waals surface area contributed by atoms with E-state index in [9.17, 15) is 9.59 Å². The first-order valence-electron chi connectivity index (χ1n) is 10.2. The summed E-state index contributed by atoms with van der Waals surface area (Å²) in [6.07, 6.45) is 3.08. The molecule has 2 N–H and O–H groups in total. The Morgan fingerprint density at radius 1 is 1.03 bits per heavy atom. The molecule has 2 aromatic heterocycles. The molecule has 1 aliphatic rings. The Balaban J connectivity index is 1.69. The maximum absolute atomic E-state index is 13.5. The van der Waals surface area contributed by atoms with Crippen molar-refractivity contribution in [2.45, 2.75) is 24.9 Å². The average Bonchev–Trinajstić information content (AvgIpc) is 2.77. The zero-order valence-corrected chi connectivity index (χ0v) is 17.8. The smallest absolute Gasteiger partial charge is 0.405 e. The van der Waals surface area contributed by atoms with E-state index in [4.69, 9.17) is 26.5 Å². The normalized spacial score (nSPS) is 14.7. The van der Waals surface area contributed by atoms with Gasteiger partial charge in [-0.2, -0.15) is 0 Å². The molecule has 6 nitrogen and oxygen atoms in total.